The number of carbonyl (C=O) groups excluding carboxylic acids is 1. The van der Waals surface area contributed by atoms with Crippen LogP contribution in [0.4, 0.5) is 11.5 Å². The van der Waals surface area contributed by atoms with Crippen molar-refractivity contribution in [3.05, 3.63) is 41.0 Å². The minimum atomic E-state index is 0.147. The fourth-order valence-corrected chi connectivity index (χ4v) is 6.55. The highest BCUT2D eigenvalue weighted by atomic mass is 32.1. The van der Waals surface area contributed by atoms with Gasteiger partial charge in [-0.3, -0.25) is 4.79 Å². The van der Waals surface area contributed by atoms with Crippen LogP contribution < -0.4 is 14.5 Å². The number of anilines is 2. The molecule has 180 valence electrons. The fraction of sp³-hybridized carbons (Fsp3) is 0.500. The Hall–Kier alpha value is -2.87. The maximum atomic E-state index is 13.5. The number of carbonyl (C=O) groups is 1. The number of hydrogen-bond donors (Lipinski definition) is 0. The average Bonchev–Trinajstić information content (AvgIpc) is 3.19. The number of fused-ring (bicyclic) bond motifs is 1. The van der Waals surface area contributed by atoms with Crippen molar-refractivity contribution in [3.8, 4) is 5.75 Å². The summed E-state index contributed by atoms with van der Waals surface area (Å²) in [5, 5.41) is 1.03. The number of hydrogen-bond acceptors (Lipinski definition) is 7. The molecule has 0 aliphatic carbocycles. The van der Waals surface area contributed by atoms with E-state index in [1.54, 1.807) is 13.4 Å². The molecule has 8 heteroatoms. The number of nitrogens with zero attached hydrogens (tertiary/aromatic N) is 5. The van der Waals surface area contributed by atoms with Crippen molar-refractivity contribution in [2.75, 3.05) is 56.2 Å². The quantitative estimate of drug-likeness (QED) is 0.551. The molecular weight excluding hydrogens is 446 g/mol. The Kier molecular flexibility index (Phi) is 6.34. The van der Waals surface area contributed by atoms with E-state index in [-0.39, 0.29) is 5.91 Å². The van der Waals surface area contributed by atoms with Gasteiger partial charge in [0.25, 0.3) is 5.91 Å². The Morgan fingerprint density at radius 2 is 1.65 bits per heavy atom. The van der Waals surface area contributed by atoms with E-state index < -0.39 is 0 Å². The molecule has 0 bridgehead atoms. The van der Waals surface area contributed by atoms with Crippen molar-refractivity contribution >= 4 is 39.0 Å². The number of likely N-dealkylation sites (tertiary alicyclic amines) is 1. The van der Waals surface area contributed by atoms with Gasteiger partial charge in [0.15, 0.2) is 0 Å². The molecule has 0 N–H and O–H groups in total. The molecule has 0 spiro atoms. The van der Waals surface area contributed by atoms with Crippen molar-refractivity contribution in [1.29, 1.82) is 0 Å². The number of aryl methyl sites for hydroxylation is 1. The van der Waals surface area contributed by atoms with E-state index in [0.29, 0.717) is 11.8 Å². The van der Waals surface area contributed by atoms with Gasteiger partial charge in [-0.2, -0.15) is 0 Å². The zero-order chi connectivity index (χ0) is 23.8. The summed E-state index contributed by atoms with van der Waals surface area (Å²) in [7, 11) is 1.69. The van der Waals surface area contributed by atoms with E-state index in [9.17, 15) is 4.79 Å². The number of benzene rings is 1. The number of amides is 1. The summed E-state index contributed by atoms with van der Waals surface area (Å²) < 4.78 is 5.28. The monoisotopic (exact) mass is 479 g/mol. The van der Waals surface area contributed by atoms with Gasteiger partial charge in [-0.05, 0) is 55.0 Å². The van der Waals surface area contributed by atoms with Gasteiger partial charge in [0.05, 0.1) is 17.4 Å². The zero-order valence-electron chi connectivity index (χ0n) is 20.5. The van der Waals surface area contributed by atoms with Crippen LogP contribution in [-0.2, 0) is 0 Å². The van der Waals surface area contributed by atoms with E-state index >= 15 is 0 Å². The molecule has 2 atom stereocenters. The minimum absolute atomic E-state index is 0.147. The molecule has 0 radical (unpaired) electrons. The van der Waals surface area contributed by atoms with Crippen LogP contribution in [0.3, 0.4) is 0 Å². The molecule has 1 amide bonds. The van der Waals surface area contributed by atoms with E-state index in [1.807, 2.05) is 17.0 Å². The smallest absolute Gasteiger partial charge is 0.264 e. The first-order valence-electron chi connectivity index (χ1n) is 12.1. The normalized spacial score (nSPS) is 21.2. The van der Waals surface area contributed by atoms with Crippen molar-refractivity contribution in [2.24, 2.45) is 11.8 Å². The third-order valence-electron chi connectivity index (χ3n) is 7.07. The first kappa shape index (κ1) is 22.9. The first-order valence-corrected chi connectivity index (χ1v) is 12.9. The number of aromatic nitrogens is 2. The number of methoxy groups -OCH3 is 1. The molecule has 2 aromatic heterocycles. The second-order valence-corrected chi connectivity index (χ2v) is 10.8. The van der Waals surface area contributed by atoms with Crippen LogP contribution in [-0.4, -0.2) is 67.2 Å². The molecule has 1 aromatic carbocycles. The molecule has 34 heavy (non-hydrogen) atoms. The second-order valence-electron chi connectivity index (χ2n) is 9.76. The Bertz CT molecular complexity index is 1160. The fourth-order valence-electron chi connectivity index (χ4n) is 5.44. The lowest BCUT2D eigenvalue weighted by Gasteiger charge is -2.37. The molecule has 0 saturated carbocycles. The third kappa shape index (κ3) is 4.31. The number of ether oxygens (including phenoxy) is 1. The molecule has 2 aliphatic heterocycles. The summed E-state index contributed by atoms with van der Waals surface area (Å²) in [6, 6.07) is 8.24. The van der Waals surface area contributed by atoms with Crippen LogP contribution in [0.15, 0.2) is 30.6 Å². The van der Waals surface area contributed by atoms with Crippen LogP contribution in [0.2, 0.25) is 0 Å². The Labute approximate surface area is 205 Å². The summed E-state index contributed by atoms with van der Waals surface area (Å²) in [6.07, 6.45) is 2.83. The van der Waals surface area contributed by atoms with Crippen LogP contribution in [0.5, 0.6) is 5.75 Å². The molecule has 4 heterocycles. The predicted octanol–water partition coefficient (Wildman–Crippen LogP) is 4.45. The van der Waals surface area contributed by atoms with Crippen molar-refractivity contribution in [2.45, 2.75) is 27.2 Å². The van der Waals surface area contributed by atoms with Crippen LogP contribution in [0, 0.1) is 18.8 Å². The first-order chi connectivity index (χ1) is 16.4. The van der Waals surface area contributed by atoms with Gasteiger partial charge in [-0.1, -0.05) is 13.8 Å². The minimum Gasteiger partial charge on any atom is -0.497 e. The second kappa shape index (κ2) is 9.41. The highest BCUT2D eigenvalue weighted by Gasteiger charge is 2.30. The van der Waals surface area contributed by atoms with Crippen molar-refractivity contribution in [3.63, 3.8) is 0 Å². The lowest BCUT2D eigenvalue weighted by Crippen LogP contribution is -2.47. The highest BCUT2D eigenvalue weighted by molar-refractivity contribution is 7.20. The van der Waals surface area contributed by atoms with Gasteiger partial charge < -0.3 is 19.4 Å². The number of rotatable bonds is 4. The van der Waals surface area contributed by atoms with Crippen molar-refractivity contribution < 1.29 is 9.53 Å². The van der Waals surface area contributed by atoms with Gasteiger partial charge in [0.2, 0.25) is 0 Å². The molecule has 7 nitrogen and oxygen atoms in total. The zero-order valence-corrected chi connectivity index (χ0v) is 21.3. The van der Waals surface area contributed by atoms with E-state index in [0.717, 1.165) is 71.5 Å². The van der Waals surface area contributed by atoms with Gasteiger partial charge in [-0.15, -0.1) is 11.3 Å². The van der Waals surface area contributed by atoms with E-state index in [4.69, 9.17) is 4.74 Å². The lowest BCUT2D eigenvalue weighted by molar-refractivity contribution is 0.0627. The van der Waals surface area contributed by atoms with Crippen LogP contribution >= 0.6 is 11.3 Å². The molecule has 2 saturated heterocycles. The lowest BCUT2D eigenvalue weighted by atomic mass is 9.92. The Morgan fingerprint density at radius 3 is 2.29 bits per heavy atom. The number of piperidine rings is 1. The SMILES string of the molecule is COc1ccc(N2CCN(c3ncnc4sc(C(=O)N5CC(C)CC(C)C5)c(C)c34)CC2)cc1. The largest absolute Gasteiger partial charge is 0.497 e. The Balaban J connectivity index is 1.36. The molecule has 2 fully saturated rings. The summed E-state index contributed by atoms with van der Waals surface area (Å²) in [6.45, 7) is 11.8. The number of piperazine rings is 1. The van der Waals surface area contributed by atoms with Gasteiger partial charge >= 0.3 is 0 Å². The van der Waals surface area contributed by atoms with Gasteiger partial charge in [0, 0.05) is 45.0 Å². The van der Waals surface area contributed by atoms with E-state index in [1.165, 1.54) is 23.4 Å². The summed E-state index contributed by atoms with van der Waals surface area (Å²) in [5.74, 6) is 3.05. The van der Waals surface area contributed by atoms with Gasteiger partial charge in [-0.25, -0.2) is 9.97 Å². The summed E-state index contributed by atoms with van der Waals surface area (Å²) in [5.41, 5.74) is 2.22. The summed E-state index contributed by atoms with van der Waals surface area (Å²) >= 11 is 1.52. The number of thiophene rings is 1. The van der Waals surface area contributed by atoms with Gasteiger partial charge in [0.1, 0.15) is 22.7 Å². The molecule has 2 unspecified atom stereocenters. The summed E-state index contributed by atoms with van der Waals surface area (Å²) in [4.78, 5) is 31.2. The van der Waals surface area contributed by atoms with Crippen LogP contribution in [0.25, 0.3) is 10.2 Å². The highest BCUT2D eigenvalue weighted by Crippen LogP contribution is 2.37. The molecule has 2 aliphatic rings. The van der Waals surface area contributed by atoms with E-state index in [2.05, 4.69) is 52.7 Å². The third-order valence-corrected chi connectivity index (χ3v) is 8.26. The maximum Gasteiger partial charge on any atom is 0.264 e. The van der Waals surface area contributed by atoms with Crippen LogP contribution in [0.1, 0.15) is 35.5 Å². The maximum absolute atomic E-state index is 13.5. The average molecular weight is 480 g/mol. The Morgan fingerprint density at radius 1 is 1.00 bits per heavy atom. The molecule has 3 aromatic rings. The standard InChI is InChI=1S/C26H33N5O2S/c1-17-13-18(2)15-31(14-17)26(32)23-19(3)22-24(27-16-28-25(22)34-23)30-11-9-29(10-12-30)20-5-7-21(33-4)8-6-20/h5-8,16-18H,9-15H2,1-4H3. The van der Waals surface area contributed by atoms with Crippen molar-refractivity contribution in [1.82, 2.24) is 14.9 Å². The topological polar surface area (TPSA) is 61.8 Å². The predicted molar refractivity (Wildman–Crippen MR) is 138 cm³/mol. The molecular formula is C26H33N5O2S. The molecule has 5 rings (SSSR count).